The molecule has 55 heavy (non-hydrogen) atoms. The Hall–Kier alpha value is -7.61. The number of para-hydroxylation sites is 1. The molecule has 6 rings (SSSR count). The molecule has 0 amide bonds. The number of non-ortho nitro benzene ring substituents is 2. The lowest BCUT2D eigenvalue weighted by molar-refractivity contribution is -0.385. The number of carbonyl (C=O) groups is 3. The maximum atomic E-state index is 11.9. The van der Waals surface area contributed by atoms with Crippen molar-refractivity contribution < 1.29 is 29.3 Å². The van der Waals surface area contributed by atoms with Crippen LogP contribution in [0.5, 0.6) is 0 Å². The number of ketones is 2. The molecule has 14 nitrogen and oxygen atoms in total. The van der Waals surface area contributed by atoms with Gasteiger partial charge in [-0.2, -0.15) is 0 Å². The van der Waals surface area contributed by atoms with Crippen molar-refractivity contribution in [2.24, 2.45) is 0 Å². The molecule has 0 radical (unpaired) electrons. The summed E-state index contributed by atoms with van der Waals surface area (Å²) in [4.78, 5) is 61.6. The van der Waals surface area contributed by atoms with Gasteiger partial charge >= 0.3 is 5.97 Å². The lowest BCUT2D eigenvalue weighted by Crippen LogP contribution is -2.04. The first-order valence-corrected chi connectivity index (χ1v) is 15.7. The maximum Gasteiger partial charge on any atom is 0.335 e. The highest BCUT2D eigenvalue weighted by Crippen LogP contribution is 2.16. The van der Waals surface area contributed by atoms with E-state index >= 15 is 0 Å². The SMILES string of the molecule is C.C.Nc1cccc(C(=O)Cc2ccncc2)c1.Nc1ccccc1.O=C(Cc1ccncc1)c1cccc([N+](=O)[O-])c1.O=C(O)c1cccc([N+](=O)[O-])c1. The number of hydrogen-bond donors (Lipinski definition) is 3. The number of carboxylic acids is 1. The molecule has 0 aliphatic rings. The van der Waals surface area contributed by atoms with E-state index in [-0.39, 0.29) is 49.8 Å². The number of carbonyl (C=O) groups excluding carboxylic acids is 2. The van der Waals surface area contributed by atoms with E-state index in [4.69, 9.17) is 16.6 Å². The molecule has 0 aliphatic carbocycles. The van der Waals surface area contributed by atoms with Crippen LogP contribution in [0, 0.1) is 20.2 Å². The van der Waals surface area contributed by atoms with Gasteiger partial charge in [-0.25, -0.2) is 4.79 Å². The van der Waals surface area contributed by atoms with Crippen LogP contribution in [-0.2, 0) is 12.8 Å². The van der Waals surface area contributed by atoms with E-state index in [1.165, 1.54) is 36.4 Å². The number of aromatic carboxylic acids is 1. The van der Waals surface area contributed by atoms with Crippen molar-refractivity contribution in [3.63, 3.8) is 0 Å². The Bertz CT molecular complexity index is 2100. The quantitative estimate of drug-likeness (QED) is 0.0548. The third kappa shape index (κ3) is 16.5. The van der Waals surface area contributed by atoms with Crippen LogP contribution in [0.15, 0.2) is 152 Å². The van der Waals surface area contributed by atoms with Crippen LogP contribution in [-0.4, -0.2) is 42.5 Å². The molecule has 2 heterocycles. The summed E-state index contributed by atoms with van der Waals surface area (Å²) in [6.07, 6.45) is 7.17. The van der Waals surface area contributed by atoms with Crippen molar-refractivity contribution in [2.75, 3.05) is 11.5 Å². The van der Waals surface area contributed by atoms with Gasteiger partial charge in [0.2, 0.25) is 0 Å². The zero-order valence-corrected chi connectivity index (χ0v) is 28.1. The number of nitro benzene ring substituents is 2. The zero-order chi connectivity index (χ0) is 38.6. The minimum Gasteiger partial charge on any atom is -0.478 e. The molecule has 0 bridgehead atoms. The van der Waals surface area contributed by atoms with Gasteiger partial charge in [-0.1, -0.05) is 63.4 Å². The average Bonchev–Trinajstić information content (AvgIpc) is 3.17. The van der Waals surface area contributed by atoms with Crippen LogP contribution in [0.2, 0.25) is 0 Å². The third-order valence-electron chi connectivity index (χ3n) is 6.92. The van der Waals surface area contributed by atoms with E-state index in [0.717, 1.165) is 22.9 Å². The number of nitrogen functional groups attached to an aromatic ring is 2. The molecule has 0 saturated carbocycles. The fraction of sp³-hybridized carbons (Fsp3) is 0.0976. The predicted octanol–water partition coefficient (Wildman–Crippen LogP) is 8.34. The first-order chi connectivity index (χ1) is 25.4. The molecule has 0 spiro atoms. The van der Waals surface area contributed by atoms with Gasteiger partial charge in [0.15, 0.2) is 11.6 Å². The monoisotopic (exact) mass is 746 g/mol. The van der Waals surface area contributed by atoms with E-state index in [0.29, 0.717) is 23.2 Å². The van der Waals surface area contributed by atoms with Crippen LogP contribution < -0.4 is 11.5 Å². The van der Waals surface area contributed by atoms with E-state index in [9.17, 15) is 34.6 Å². The molecular formula is C41H42N6O8. The Kier molecular flexibility index (Phi) is 19.6. The van der Waals surface area contributed by atoms with Gasteiger partial charge in [-0.05, 0) is 65.7 Å². The number of nitro groups is 2. The third-order valence-corrected chi connectivity index (χ3v) is 6.92. The summed E-state index contributed by atoms with van der Waals surface area (Å²) in [6.45, 7) is 0. The first kappa shape index (κ1) is 45.4. The van der Waals surface area contributed by atoms with Gasteiger partial charge in [0.1, 0.15) is 0 Å². The summed E-state index contributed by atoms with van der Waals surface area (Å²) in [5, 5.41) is 29.3. The Morgan fingerprint density at radius 1 is 0.527 bits per heavy atom. The average molecular weight is 747 g/mol. The van der Waals surface area contributed by atoms with Crippen molar-refractivity contribution in [2.45, 2.75) is 27.7 Å². The maximum absolute atomic E-state index is 11.9. The fourth-order valence-electron chi connectivity index (χ4n) is 4.29. The van der Waals surface area contributed by atoms with Crippen molar-refractivity contribution >= 4 is 40.3 Å². The summed E-state index contributed by atoms with van der Waals surface area (Å²) in [5.41, 5.74) is 14.8. The number of Topliss-reactive ketones (excluding diaryl/α,β-unsaturated/α-hetero) is 2. The van der Waals surface area contributed by atoms with Crippen LogP contribution in [0.1, 0.15) is 57.1 Å². The molecule has 5 N–H and O–H groups in total. The zero-order valence-electron chi connectivity index (χ0n) is 28.1. The molecule has 0 fully saturated rings. The minimum atomic E-state index is -1.17. The number of hydrogen-bond acceptors (Lipinski definition) is 11. The van der Waals surface area contributed by atoms with Gasteiger partial charge in [0, 0.05) is 84.4 Å². The van der Waals surface area contributed by atoms with Crippen LogP contribution in [0.4, 0.5) is 22.7 Å². The second-order valence-corrected chi connectivity index (χ2v) is 10.9. The topological polar surface area (TPSA) is 236 Å². The minimum absolute atomic E-state index is 0. The standard InChI is InChI=1S/C13H10N2O3.C13H12N2O.C7H5NO4.C6H7N.2CH4/c16-13(8-10-4-6-14-7-5-10)11-2-1-3-12(9-11)15(17)18;14-12-3-1-2-11(9-12)13(16)8-10-4-6-15-7-5-10;9-7(10)5-2-1-3-6(4-5)8(11)12;7-6-4-2-1-3-5-6;;/h1-7,9H,8H2;1-7,9H,8,14H2;1-4H,(H,9,10);1-5H,7H2;2*1H4. The first-order valence-electron chi connectivity index (χ1n) is 15.7. The number of carboxylic acid groups (broad SMARTS) is 1. The summed E-state index contributed by atoms with van der Waals surface area (Å²) in [5.74, 6) is -1.25. The Balaban J connectivity index is 0.000000378. The highest BCUT2D eigenvalue weighted by molar-refractivity contribution is 5.98. The molecule has 14 heteroatoms. The summed E-state index contributed by atoms with van der Waals surface area (Å²) in [7, 11) is 0. The van der Waals surface area contributed by atoms with Crippen LogP contribution in [0.25, 0.3) is 0 Å². The second kappa shape index (κ2) is 23.8. The number of pyridine rings is 2. The Morgan fingerprint density at radius 2 is 0.909 bits per heavy atom. The van der Waals surface area contributed by atoms with Crippen molar-refractivity contribution in [1.29, 1.82) is 0 Å². The molecule has 2 aromatic heterocycles. The number of nitrogens with two attached hydrogens (primary N) is 2. The summed E-state index contributed by atoms with van der Waals surface area (Å²) < 4.78 is 0. The molecule has 0 aliphatic heterocycles. The summed E-state index contributed by atoms with van der Waals surface area (Å²) >= 11 is 0. The number of nitrogens with zero attached hydrogens (tertiary/aromatic N) is 4. The van der Waals surface area contributed by atoms with Gasteiger partial charge in [0.25, 0.3) is 11.4 Å². The number of anilines is 2. The van der Waals surface area contributed by atoms with Crippen molar-refractivity contribution in [1.82, 2.24) is 9.97 Å². The van der Waals surface area contributed by atoms with Gasteiger partial charge in [0.05, 0.1) is 15.4 Å². The second-order valence-electron chi connectivity index (χ2n) is 10.9. The van der Waals surface area contributed by atoms with E-state index in [1.807, 2.05) is 42.5 Å². The van der Waals surface area contributed by atoms with Crippen LogP contribution in [0.3, 0.4) is 0 Å². The molecule has 0 saturated heterocycles. The van der Waals surface area contributed by atoms with Crippen LogP contribution >= 0.6 is 0 Å². The predicted molar refractivity (Wildman–Crippen MR) is 213 cm³/mol. The van der Waals surface area contributed by atoms with E-state index in [1.54, 1.807) is 67.3 Å². The number of aromatic nitrogens is 2. The highest BCUT2D eigenvalue weighted by Gasteiger charge is 2.12. The molecule has 4 aromatic carbocycles. The summed E-state index contributed by atoms with van der Waals surface area (Å²) in [6, 6.07) is 34.3. The Morgan fingerprint density at radius 3 is 1.29 bits per heavy atom. The molecule has 6 aromatic rings. The lowest BCUT2D eigenvalue weighted by Gasteiger charge is -2.02. The van der Waals surface area contributed by atoms with Gasteiger partial charge in [-0.15, -0.1) is 0 Å². The van der Waals surface area contributed by atoms with E-state index < -0.39 is 15.8 Å². The molecule has 284 valence electrons. The van der Waals surface area contributed by atoms with Gasteiger partial charge in [-0.3, -0.25) is 39.8 Å². The molecular weight excluding hydrogens is 704 g/mol. The largest absolute Gasteiger partial charge is 0.478 e. The number of rotatable bonds is 9. The Labute approximate surface area is 318 Å². The smallest absolute Gasteiger partial charge is 0.335 e. The highest BCUT2D eigenvalue weighted by atomic mass is 16.6. The lowest BCUT2D eigenvalue weighted by atomic mass is 10.0. The van der Waals surface area contributed by atoms with Crippen molar-refractivity contribution in [3.8, 4) is 0 Å². The van der Waals surface area contributed by atoms with Crippen molar-refractivity contribution in [3.05, 3.63) is 200 Å². The normalized spacial score (nSPS) is 9.31. The van der Waals surface area contributed by atoms with E-state index in [2.05, 4.69) is 9.97 Å². The fourth-order valence-corrected chi connectivity index (χ4v) is 4.29. The molecule has 0 atom stereocenters. The number of benzene rings is 4. The van der Waals surface area contributed by atoms with Gasteiger partial charge < -0.3 is 16.6 Å². The molecule has 0 unspecified atom stereocenters.